The van der Waals surface area contributed by atoms with E-state index in [4.69, 9.17) is 16.3 Å². The first-order valence-corrected chi connectivity index (χ1v) is 8.32. The average molecular weight is 346 g/mol. The van der Waals surface area contributed by atoms with E-state index in [1.807, 2.05) is 18.2 Å². The number of pyridine rings is 1. The molecular formula is C18H20ClN3O2. The number of anilines is 1. The fourth-order valence-electron chi connectivity index (χ4n) is 2.90. The molecule has 1 saturated heterocycles. The minimum Gasteiger partial charge on any atom is -0.497 e. The Balaban J connectivity index is 1.53. The second-order valence-corrected chi connectivity index (χ2v) is 6.31. The highest BCUT2D eigenvalue weighted by molar-refractivity contribution is 6.30. The van der Waals surface area contributed by atoms with Crippen LogP contribution >= 0.6 is 11.6 Å². The number of benzene rings is 1. The molecule has 1 atom stereocenters. The third-order valence-electron chi connectivity index (χ3n) is 4.21. The number of nitrogens with zero attached hydrogens (tertiary/aromatic N) is 2. The molecule has 126 valence electrons. The summed E-state index contributed by atoms with van der Waals surface area (Å²) < 4.78 is 5.28. The van der Waals surface area contributed by atoms with E-state index in [-0.39, 0.29) is 5.91 Å². The van der Waals surface area contributed by atoms with Gasteiger partial charge in [-0.1, -0.05) is 17.7 Å². The molecule has 1 aliphatic heterocycles. The number of hydrogen-bond donors (Lipinski definition) is 1. The number of rotatable bonds is 5. The van der Waals surface area contributed by atoms with Gasteiger partial charge in [0.2, 0.25) is 0 Å². The zero-order valence-electron chi connectivity index (χ0n) is 13.5. The second kappa shape index (κ2) is 7.53. The molecule has 1 aliphatic rings. The fourth-order valence-corrected chi connectivity index (χ4v) is 3.06. The first-order chi connectivity index (χ1) is 11.7. The molecular weight excluding hydrogens is 326 g/mol. The van der Waals surface area contributed by atoms with Gasteiger partial charge in [0.05, 0.1) is 7.11 Å². The first-order valence-electron chi connectivity index (χ1n) is 7.94. The van der Waals surface area contributed by atoms with E-state index < -0.39 is 0 Å². The van der Waals surface area contributed by atoms with Crippen molar-refractivity contribution in [3.05, 3.63) is 53.3 Å². The smallest absolute Gasteiger partial charge is 0.269 e. The summed E-state index contributed by atoms with van der Waals surface area (Å²) in [5, 5.41) is 3.47. The van der Waals surface area contributed by atoms with Crippen LogP contribution < -0.4 is 15.0 Å². The van der Waals surface area contributed by atoms with Crippen LogP contribution in [0.5, 0.6) is 5.75 Å². The van der Waals surface area contributed by atoms with Crippen LogP contribution in [0.2, 0.25) is 5.02 Å². The Morgan fingerprint density at radius 2 is 2.29 bits per heavy atom. The van der Waals surface area contributed by atoms with E-state index in [1.165, 1.54) is 6.20 Å². The van der Waals surface area contributed by atoms with Crippen molar-refractivity contribution in [1.29, 1.82) is 0 Å². The molecule has 5 nitrogen and oxygen atoms in total. The third-order valence-corrected chi connectivity index (χ3v) is 4.45. The quantitative estimate of drug-likeness (QED) is 0.905. The molecule has 2 aromatic rings. The molecule has 0 aliphatic carbocycles. The molecule has 1 fully saturated rings. The monoisotopic (exact) mass is 345 g/mol. The number of halogens is 1. The summed E-state index contributed by atoms with van der Waals surface area (Å²) in [6.45, 7) is 2.52. The van der Waals surface area contributed by atoms with Crippen molar-refractivity contribution in [1.82, 2.24) is 10.3 Å². The highest BCUT2D eigenvalue weighted by Gasteiger charge is 2.23. The van der Waals surface area contributed by atoms with Gasteiger partial charge in [0, 0.05) is 42.6 Å². The summed E-state index contributed by atoms with van der Waals surface area (Å²) in [5.74, 6) is 1.09. The van der Waals surface area contributed by atoms with Crippen molar-refractivity contribution in [2.75, 3.05) is 31.6 Å². The molecule has 24 heavy (non-hydrogen) atoms. The highest BCUT2D eigenvalue weighted by atomic mass is 35.5. The van der Waals surface area contributed by atoms with Gasteiger partial charge >= 0.3 is 0 Å². The van der Waals surface area contributed by atoms with E-state index in [9.17, 15) is 4.79 Å². The van der Waals surface area contributed by atoms with Gasteiger partial charge in [-0.2, -0.15) is 0 Å². The van der Waals surface area contributed by atoms with Crippen LogP contribution in [0, 0.1) is 5.92 Å². The molecule has 3 rings (SSSR count). The molecule has 2 heterocycles. The van der Waals surface area contributed by atoms with Crippen molar-refractivity contribution in [3.8, 4) is 5.75 Å². The Morgan fingerprint density at radius 3 is 3.08 bits per heavy atom. The number of amides is 1. The summed E-state index contributed by atoms with van der Waals surface area (Å²) in [4.78, 5) is 18.5. The molecule has 1 amide bonds. The Labute approximate surface area is 146 Å². The zero-order valence-corrected chi connectivity index (χ0v) is 14.3. The van der Waals surface area contributed by atoms with Gasteiger partial charge in [-0.25, -0.2) is 0 Å². The standard InChI is InChI=1S/C18H20ClN3O2/c1-24-16-4-2-3-15(10-16)22-8-6-13(12-22)11-21-18(23)17-9-14(19)5-7-20-17/h2-5,7,9-10,13H,6,8,11-12H2,1H3,(H,21,23)/t13-/m1/s1. The van der Waals surface area contributed by atoms with Crippen molar-refractivity contribution in [3.63, 3.8) is 0 Å². The van der Waals surface area contributed by atoms with Crippen molar-refractivity contribution < 1.29 is 9.53 Å². The normalized spacial score (nSPS) is 16.9. The van der Waals surface area contributed by atoms with Gasteiger partial charge in [-0.15, -0.1) is 0 Å². The lowest BCUT2D eigenvalue weighted by molar-refractivity contribution is 0.0943. The molecule has 1 aromatic heterocycles. The molecule has 1 aromatic carbocycles. The van der Waals surface area contributed by atoms with Gasteiger partial charge < -0.3 is 15.0 Å². The number of carbonyl (C=O) groups excluding carboxylic acids is 1. The second-order valence-electron chi connectivity index (χ2n) is 5.87. The SMILES string of the molecule is COc1cccc(N2CC[C@H](CNC(=O)c3cc(Cl)ccn3)C2)c1. The maximum Gasteiger partial charge on any atom is 0.269 e. The van der Waals surface area contributed by atoms with Crippen molar-refractivity contribution >= 4 is 23.2 Å². The minimum atomic E-state index is -0.183. The largest absolute Gasteiger partial charge is 0.497 e. The van der Waals surface area contributed by atoms with E-state index in [1.54, 1.807) is 19.2 Å². The van der Waals surface area contributed by atoms with Gasteiger partial charge in [-0.3, -0.25) is 9.78 Å². The van der Waals surface area contributed by atoms with E-state index in [0.29, 0.717) is 23.2 Å². The molecule has 0 unspecified atom stereocenters. The fraction of sp³-hybridized carbons (Fsp3) is 0.333. The van der Waals surface area contributed by atoms with Crippen molar-refractivity contribution in [2.45, 2.75) is 6.42 Å². The number of nitrogens with one attached hydrogen (secondary N) is 1. The third kappa shape index (κ3) is 3.97. The molecule has 0 bridgehead atoms. The summed E-state index contributed by atoms with van der Waals surface area (Å²) in [6, 6.07) is 11.3. The Bertz CT molecular complexity index is 723. The van der Waals surface area contributed by atoms with Crippen LogP contribution in [0.3, 0.4) is 0 Å². The maximum absolute atomic E-state index is 12.1. The lowest BCUT2D eigenvalue weighted by Crippen LogP contribution is -2.31. The first kappa shape index (κ1) is 16.6. The van der Waals surface area contributed by atoms with E-state index >= 15 is 0 Å². The number of methoxy groups -OCH3 is 1. The number of ether oxygens (including phenoxy) is 1. The van der Waals surface area contributed by atoms with Gasteiger partial charge in [-0.05, 0) is 36.6 Å². The molecule has 0 saturated carbocycles. The Kier molecular flexibility index (Phi) is 5.20. The molecule has 0 spiro atoms. The Morgan fingerprint density at radius 1 is 1.42 bits per heavy atom. The lowest BCUT2D eigenvalue weighted by Gasteiger charge is -2.19. The summed E-state index contributed by atoms with van der Waals surface area (Å²) in [7, 11) is 1.67. The summed E-state index contributed by atoms with van der Waals surface area (Å²) in [5.41, 5.74) is 1.50. The zero-order chi connectivity index (χ0) is 16.9. The van der Waals surface area contributed by atoms with E-state index in [0.717, 1.165) is 30.9 Å². The number of hydrogen-bond acceptors (Lipinski definition) is 4. The molecule has 0 radical (unpaired) electrons. The molecule has 6 heteroatoms. The summed E-state index contributed by atoms with van der Waals surface area (Å²) >= 11 is 5.89. The minimum absolute atomic E-state index is 0.183. The van der Waals surface area contributed by atoms with E-state index in [2.05, 4.69) is 21.3 Å². The lowest BCUT2D eigenvalue weighted by atomic mass is 10.1. The number of carbonyl (C=O) groups is 1. The highest BCUT2D eigenvalue weighted by Crippen LogP contribution is 2.26. The predicted octanol–water partition coefficient (Wildman–Crippen LogP) is 3.00. The maximum atomic E-state index is 12.1. The van der Waals surface area contributed by atoms with Crippen LogP contribution in [0.15, 0.2) is 42.6 Å². The predicted molar refractivity (Wildman–Crippen MR) is 94.9 cm³/mol. The Hall–Kier alpha value is -2.27. The van der Waals surface area contributed by atoms with Gasteiger partial charge in [0.25, 0.3) is 5.91 Å². The van der Waals surface area contributed by atoms with Crippen LogP contribution in [0.4, 0.5) is 5.69 Å². The molecule has 1 N–H and O–H groups in total. The van der Waals surface area contributed by atoms with Crippen LogP contribution in [0.1, 0.15) is 16.9 Å². The number of aromatic nitrogens is 1. The van der Waals surface area contributed by atoms with Crippen molar-refractivity contribution in [2.24, 2.45) is 5.92 Å². The van der Waals surface area contributed by atoms with Crippen LogP contribution in [-0.2, 0) is 0 Å². The topological polar surface area (TPSA) is 54.5 Å². The van der Waals surface area contributed by atoms with Crippen LogP contribution in [-0.4, -0.2) is 37.6 Å². The average Bonchev–Trinajstić information content (AvgIpc) is 3.09. The summed E-state index contributed by atoms with van der Waals surface area (Å²) in [6.07, 6.45) is 2.58. The van der Waals surface area contributed by atoms with Crippen LogP contribution in [0.25, 0.3) is 0 Å². The van der Waals surface area contributed by atoms with Gasteiger partial charge in [0.15, 0.2) is 0 Å². The van der Waals surface area contributed by atoms with Gasteiger partial charge in [0.1, 0.15) is 11.4 Å².